The van der Waals surface area contributed by atoms with Crippen molar-refractivity contribution in [3.63, 3.8) is 0 Å². The van der Waals surface area contributed by atoms with Crippen molar-refractivity contribution in [2.24, 2.45) is 5.92 Å². The van der Waals surface area contributed by atoms with Gasteiger partial charge in [0.25, 0.3) is 0 Å². The summed E-state index contributed by atoms with van der Waals surface area (Å²) in [5.74, 6) is 2.81. The predicted octanol–water partition coefficient (Wildman–Crippen LogP) is 2.84. The Kier molecular flexibility index (Phi) is 3.39. The molecule has 2 fully saturated rings. The normalized spacial score (nSPS) is 25.1. The third kappa shape index (κ3) is 2.75. The van der Waals surface area contributed by atoms with Gasteiger partial charge in [-0.1, -0.05) is 11.6 Å². The largest absolute Gasteiger partial charge is 0.381 e. The first-order chi connectivity index (χ1) is 8.72. The molecule has 0 radical (unpaired) electrons. The number of hydrogen-bond donors (Lipinski definition) is 1. The van der Waals surface area contributed by atoms with Crippen molar-refractivity contribution in [1.82, 2.24) is 9.97 Å². The van der Waals surface area contributed by atoms with Gasteiger partial charge in [-0.05, 0) is 26.2 Å². The van der Waals surface area contributed by atoms with Gasteiger partial charge in [0.15, 0.2) is 0 Å². The number of rotatable bonds is 4. The highest BCUT2D eigenvalue weighted by molar-refractivity contribution is 6.29. The standard InChI is InChI=1S/C13H18ClN3O/c1-8(10-4-5-18-7-10)15-12-6-11(14)16-13(17-12)9-2-3-9/h6,8-10H,2-5,7H2,1H3,(H,15,16,17). The number of halogens is 1. The van der Waals surface area contributed by atoms with Crippen molar-refractivity contribution in [3.05, 3.63) is 17.0 Å². The van der Waals surface area contributed by atoms with E-state index in [2.05, 4.69) is 22.2 Å². The molecule has 0 aromatic carbocycles. The highest BCUT2D eigenvalue weighted by Crippen LogP contribution is 2.38. The van der Waals surface area contributed by atoms with Gasteiger partial charge in [-0.15, -0.1) is 0 Å². The van der Waals surface area contributed by atoms with Crippen LogP contribution in [0.5, 0.6) is 0 Å². The summed E-state index contributed by atoms with van der Waals surface area (Å²) in [7, 11) is 0. The topological polar surface area (TPSA) is 47.0 Å². The molecule has 1 aromatic heterocycles. The zero-order valence-electron chi connectivity index (χ0n) is 10.5. The van der Waals surface area contributed by atoms with Crippen LogP contribution in [0.15, 0.2) is 6.07 Å². The summed E-state index contributed by atoms with van der Waals surface area (Å²) in [6.45, 7) is 3.88. The number of nitrogens with zero attached hydrogens (tertiary/aromatic N) is 2. The Morgan fingerprint density at radius 1 is 1.39 bits per heavy atom. The quantitative estimate of drug-likeness (QED) is 0.852. The minimum atomic E-state index is 0.352. The van der Waals surface area contributed by atoms with Gasteiger partial charge in [0.2, 0.25) is 0 Å². The average Bonchev–Trinajstić information content (AvgIpc) is 3.03. The smallest absolute Gasteiger partial charge is 0.135 e. The molecular weight excluding hydrogens is 250 g/mol. The van der Waals surface area contributed by atoms with E-state index in [-0.39, 0.29) is 0 Å². The van der Waals surface area contributed by atoms with Gasteiger partial charge in [0.1, 0.15) is 16.8 Å². The molecule has 0 bridgehead atoms. The first-order valence-corrected chi connectivity index (χ1v) is 6.99. The van der Waals surface area contributed by atoms with Crippen molar-refractivity contribution in [2.75, 3.05) is 18.5 Å². The summed E-state index contributed by atoms with van der Waals surface area (Å²) in [5.41, 5.74) is 0. The van der Waals surface area contributed by atoms with Crippen LogP contribution in [-0.4, -0.2) is 29.2 Å². The minimum absolute atomic E-state index is 0.352. The van der Waals surface area contributed by atoms with Crippen LogP contribution >= 0.6 is 11.6 Å². The Morgan fingerprint density at radius 3 is 2.89 bits per heavy atom. The highest BCUT2D eigenvalue weighted by atomic mass is 35.5. The van der Waals surface area contributed by atoms with Crippen molar-refractivity contribution < 1.29 is 4.74 Å². The Balaban J connectivity index is 1.70. The summed E-state index contributed by atoms with van der Waals surface area (Å²) < 4.78 is 5.41. The zero-order valence-corrected chi connectivity index (χ0v) is 11.3. The first-order valence-electron chi connectivity index (χ1n) is 6.61. The fourth-order valence-electron chi connectivity index (χ4n) is 2.33. The highest BCUT2D eigenvalue weighted by Gasteiger charge is 2.28. The Bertz CT molecular complexity index is 430. The summed E-state index contributed by atoms with van der Waals surface area (Å²) >= 11 is 6.05. The number of ether oxygens (including phenoxy) is 1. The first kappa shape index (κ1) is 12.2. The lowest BCUT2D eigenvalue weighted by Crippen LogP contribution is -2.26. The molecule has 0 spiro atoms. The van der Waals surface area contributed by atoms with Crippen LogP contribution in [0.4, 0.5) is 5.82 Å². The van der Waals surface area contributed by atoms with Gasteiger partial charge in [-0.25, -0.2) is 9.97 Å². The molecule has 0 amide bonds. The van der Waals surface area contributed by atoms with Crippen molar-refractivity contribution in [1.29, 1.82) is 0 Å². The van der Waals surface area contributed by atoms with E-state index in [1.807, 2.05) is 0 Å². The van der Waals surface area contributed by atoms with Gasteiger partial charge in [0, 0.05) is 30.6 Å². The second-order valence-electron chi connectivity index (χ2n) is 5.27. The number of anilines is 1. The van der Waals surface area contributed by atoms with E-state index >= 15 is 0 Å². The Hall–Kier alpha value is -0.870. The molecule has 1 saturated carbocycles. The molecule has 18 heavy (non-hydrogen) atoms. The maximum atomic E-state index is 6.05. The minimum Gasteiger partial charge on any atom is -0.381 e. The fourth-order valence-corrected chi connectivity index (χ4v) is 2.52. The van der Waals surface area contributed by atoms with Crippen LogP contribution in [0.1, 0.15) is 37.9 Å². The van der Waals surface area contributed by atoms with Gasteiger partial charge in [-0.2, -0.15) is 0 Å². The summed E-state index contributed by atoms with van der Waals surface area (Å²) in [6, 6.07) is 2.16. The Morgan fingerprint density at radius 2 is 2.22 bits per heavy atom. The van der Waals surface area contributed by atoms with E-state index in [0.29, 0.717) is 23.0 Å². The third-order valence-corrected chi connectivity index (χ3v) is 3.90. The van der Waals surface area contributed by atoms with Gasteiger partial charge < -0.3 is 10.1 Å². The molecule has 2 heterocycles. The molecule has 98 valence electrons. The molecule has 1 saturated heterocycles. The van der Waals surface area contributed by atoms with Gasteiger partial charge >= 0.3 is 0 Å². The zero-order chi connectivity index (χ0) is 12.5. The van der Waals surface area contributed by atoms with Gasteiger partial charge in [-0.3, -0.25) is 0 Å². The lowest BCUT2D eigenvalue weighted by atomic mass is 10.0. The third-order valence-electron chi connectivity index (χ3n) is 3.70. The van der Waals surface area contributed by atoms with E-state index in [9.17, 15) is 0 Å². The van der Waals surface area contributed by atoms with Crippen LogP contribution < -0.4 is 5.32 Å². The molecule has 4 nitrogen and oxygen atoms in total. The van der Waals surface area contributed by atoms with Crippen LogP contribution in [0.2, 0.25) is 5.15 Å². The van der Waals surface area contributed by atoms with Crippen LogP contribution in [0.25, 0.3) is 0 Å². The van der Waals surface area contributed by atoms with E-state index in [1.54, 1.807) is 6.07 Å². The maximum absolute atomic E-state index is 6.05. The van der Waals surface area contributed by atoms with Gasteiger partial charge in [0.05, 0.1) is 6.61 Å². The van der Waals surface area contributed by atoms with E-state index in [4.69, 9.17) is 16.3 Å². The van der Waals surface area contributed by atoms with E-state index in [0.717, 1.165) is 31.3 Å². The van der Waals surface area contributed by atoms with E-state index < -0.39 is 0 Å². The molecule has 2 aliphatic rings. The second kappa shape index (κ2) is 5.02. The van der Waals surface area contributed by atoms with Crippen LogP contribution in [-0.2, 0) is 4.74 Å². The summed E-state index contributed by atoms with van der Waals surface area (Å²) in [4.78, 5) is 8.85. The second-order valence-corrected chi connectivity index (χ2v) is 5.65. The molecule has 1 aliphatic heterocycles. The molecule has 1 aromatic rings. The molecule has 2 atom stereocenters. The number of aromatic nitrogens is 2. The van der Waals surface area contributed by atoms with E-state index in [1.165, 1.54) is 12.8 Å². The lowest BCUT2D eigenvalue weighted by molar-refractivity contribution is 0.183. The molecular formula is C13H18ClN3O. The van der Waals surface area contributed by atoms with Crippen LogP contribution in [0.3, 0.4) is 0 Å². The molecule has 3 rings (SSSR count). The molecule has 5 heteroatoms. The SMILES string of the molecule is CC(Nc1cc(Cl)nc(C2CC2)n1)C1CCOC1. The lowest BCUT2D eigenvalue weighted by Gasteiger charge is -2.20. The predicted molar refractivity (Wildman–Crippen MR) is 71.0 cm³/mol. The number of hydrogen-bond acceptors (Lipinski definition) is 4. The molecule has 1 N–H and O–H groups in total. The Labute approximate surface area is 112 Å². The number of nitrogens with one attached hydrogen (secondary N) is 1. The van der Waals surface area contributed by atoms with Crippen molar-refractivity contribution in [2.45, 2.75) is 38.1 Å². The maximum Gasteiger partial charge on any atom is 0.135 e. The molecule has 2 unspecified atom stereocenters. The van der Waals surface area contributed by atoms with Crippen LogP contribution in [0, 0.1) is 5.92 Å². The summed E-state index contributed by atoms with van der Waals surface area (Å²) in [6.07, 6.45) is 3.49. The average molecular weight is 268 g/mol. The fraction of sp³-hybridized carbons (Fsp3) is 0.692. The molecule has 1 aliphatic carbocycles. The van der Waals surface area contributed by atoms with Crippen molar-refractivity contribution >= 4 is 17.4 Å². The summed E-state index contributed by atoms with van der Waals surface area (Å²) in [5, 5.41) is 3.96. The monoisotopic (exact) mass is 267 g/mol. The van der Waals surface area contributed by atoms with Crippen molar-refractivity contribution in [3.8, 4) is 0 Å².